The summed E-state index contributed by atoms with van der Waals surface area (Å²) in [5.74, 6) is -0.956. The van der Waals surface area contributed by atoms with Crippen molar-refractivity contribution in [1.29, 1.82) is 0 Å². The van der Waals surface area contributed by atoms with Gasteiger partial charge in [-0.1, -0.05) is 0 Å². The second-order valence-electron chi connectivity index (χ2n) is 5.75. The third kappa shape index (κ3) is 9.12. The van der Waals surface area contributed by atoms with Gasteiger partial charge >= 0.3 is 12.3 Å². The Morgan fingerprint density at radius 3 is 2.22 bits per heavy atom. The Bertz CT molecular complexity index is 583. The predicted molar refractivity (Wildman–Crippen MR) is 94.6 cm³/mol. The maximum absolute atomic E-state index is 12.0. The van der Waals surface area contributed by atoms with Crippen LogP contribution >= 0.6 is 0 Å². The maximum Gasteiger partial charge on any atom is 0.575 e. The maximum atomic E-state index is 12.0. The van der Waals surface area contributed by atoms with Gasteiger partial charge in [-0.15, -0.1) is 13.2 Å². The third-order valence-electron chi connectivity index (χ3n) is 3.89. The van der Waals surface area contributed by atoms with Crippen LogP contribution in [0, 0.1) is 0 Å². The van der Waals surface area contributed by atoms with Gasteiger partial charge in [-0.3, -0.25) is 0 Å². The number of nitrogens with zero attached hydrogens (tertiary/aromatic N) is 2. The molecule has 1 radical (unpaired) electrons. The van der Waals surface area contributed by atoms with Crippen molar-refractivity contribution in [3.05, 3.63) is 29.8 Å². The van der Waals surface area contributed by atoms with E-state index in [-0.39, 0.29) is 32.6 Å². The van der Waals surface area contributed by atoms with Gasteiger partial charge in [-0.2, -0.15) is 0 Å². The number of halogens is 3. The molecular weight excluding hydrogens is 586 g/mol. The number of carbonyl (C=O) groups is 1. The van der Waals surface area contributed by atoms with E-state index in [0.29, 0.717) is 12.4 Å². The minimum Gasteiger partial charge on any atom is -0.800 e. The van der Waals surface area contributed by atoms with Gasteiger partial charge in [-0.05, 0) is 30.7 Å². The van der Waals surface area contributed by atoms with Gasteiger partial charge in [0.1, 0.15) is 5.75 Å². The summed E-state index contributed by atoms with van der Waals surface area (Å²) in [7, 11) is 0. The second kappa shape index (κ2) is 11.6. The molecule has 1 heterocycles. The van der Waals surface area contributed by atoms with E-state index in [1.54, 1.807) is 0 Å². The topological polar surface area (TPSA) is 42.0 Å². The van der Waals surface area contributed by atoms with E-state index < -0.39 is 12.3 Å². The zero-order chi connectivity index (χ0) is 19.2. The van der Waals surface area contributed by atoms with Gasteiger partial charge in [-0.25, -0.2) is 9.50 Å². The van der Waals surface area contributed by atoms with E-state index >= 15 is 0 Å². The molecule has 1 aromatic rings. The van der Waals surface area contributed by atoms with E-state index in [1.807, 2.05) is 0 Å². The molecule has 0 aromatic heterocycles. The summed E-state index contributed by atoms with van der Waals surface area (Å²) in [4.78, 5) is 15.7. The number of alkyl halides is 3. The molecule has 1 fully saturated rings. The van der Waals surface area contributed by atoms with Gasteiger partial charge in [0.05, 0.1) is 12.2 Å². The van der Waals surface area contributed by atoms with Crippen molar-refractivity contribution in [2.45, 2.75) is 17.5 Å². The number of hydrogen-bond donors (Lipinski definition) is 0. The molecule has 1 aromatic carbocycles. The van der Waals surface area contributed by atoms with Gasteiger partial charge < -0.3 is 44.5 Å². The largest absolute Gasteiger partial charge is 0.800 e. The van der Waals surface area contributed by atoms with Crippen LogP contribution in [0.1, 0.15) is 16.8 Å². The number of esters is 1. The van der Waals surface area contributed by atoms with Crippen molar-refractivity contribution in [2.75, 3.05) is 39.3 Å². The molecule has 0 amide bonds. The molecule has 0 unspecified atom stereocenters. The predicted octanol–water partition coefficient (Wildman–Crippen LogP) is 2.12. The Kier molecular flexibility index (Phi) is 10.6. The molecule has 157 valence electrons. The minimum atomic E-state index is -4.99. The fourth-order valence-electron chi connectivity index (χ4n) is 2.53. The van der Waals surface area contributed by atoms with Crippen LogP contribution < -0.4 is 4.74 Å². The first-order valence-corrected chi connectivity index (χ1v) is 9.00. The normalized spacial score (nSPS) is 16.1. The first kappa shape index (κ1) is 24.7. The summed E-state index contributed by atoms with van der Waals surface area (Å²) >= 11 is 10.1. The molecule has 0 aliphatic carbocycles. The summed E-state index contributed by atoms with van der Waals surface area (Å²) in [6.07, 6.45) is -4.18. The molecule has 1 saturated heterocycles. The SMILES string of the molecule is O=C(OC(F)(F)F)c1ccc(OCCCN2CCN(C([S-])[S-])CC2)cc1.[Au]. The Morgan fingerprint density at radius 1 is 1.11 bits per heavy atom. The quantitative estimate of drug-likeness (QED) is 0.204. The first-order chi connectivity index (χ1) is 12.2. The van der Waals surface area contributed by atoms with E-state index in [1.165, 1.54) is 24.3 Å². The summed E-state index contributed by atoms with van der Waals surface area (Å²) in [6, 6.07) is 5.36. The molecule has 5 nitrogen and oxygen atoms in total. The van der Waals surface area contributed by atoms with Crippen molar-refractivity contribution in [2.24, 2.45) is 0 Å². The molecule has 11 heteroatoms. The molecule has 0 atom stereocenters. The van der Waals surface area contributed by atoms with Crippen LogP contribution in [-0.2, 0) is 52.4 Å². The Labute approximate surface area is 182 Å². The van der Waals surface area contributed by atoms with Gasteiger partial charge in [0.25, 0.3) is 0 Å². The average Bonchev–Trinajstić information content (AvgIpc) is 2.58. The third-order valence-corrected chi connectivity index (χ3v) is 4.49. The monoisotopic (exact) mass is 605 g/mol. The van der Waals surface area contributed by atoms with Crippen molar-refractivity contribution in [3.63, 3.8) is 0 Å². The molecule has 0 spiro atoms. The molecule has 1 aliphatic heterocycles. The van der Waals surface area contributed by atoms with Crippen molar-refractivity contribution >= 4 is 31.2 Å². The number of benzene rings is 1. The van der Waals surface area contributed by atoms with E-state index in [2.05, 4.69) is 14.5 Å². The number of rotatable bonds is 7. The van der Waals surface area contributed by atoms with Crippen LogP contribution in [-0.4, -0.2) is 66.2 Å². The zero-order valence-corrected chi connectivity index (χ0v) is 18.0. The fourth-order valence-corrected chi connectivity index (χ4v) is 2.95. The molecule has 27 heavy (non-hydrogen) atoms. The van der Waals surface area contributed by atoms with Crippen LogP contribution in [0.25, 0.3) is 0 Å². The Morgan fingerprint density at radius 2 is 1.70 bits per heavy atom. The zero-order valence-electron chi connectivity index (χ0n) is 14.2. The minimum absolute atomic E-state index is 0. The molecule has 1 aliphatic rings. The molecule has 2 rings (SSSR count). The van der Waals surface area contributed by atoms with Crippen LogP contribution in [0.3, 0.4) is 0 Å². The number of hydrogen-bond acceptors (Lipinski definition) is 7. The van der Waals surface area contributed by atoms with Gasteiger partial charge in [0, 0.05) is 55.1 Å². The summed E-state index contributed by atoms with van der Waals surface area (Å²) < 4.78 is 44.7. The van der Waals surface area contributed by atoms with Crippen LogP contribution in [0.2, 0.25) is 0 Å². The van der Waals surface area contributed by atoms with Crippen LogP contribution in [0.4, 0.5) is 13.2 Å². The van der Waals surface area contributed by atoms with Gasteiger partial charge in [0.2, 0.25) is 0 Å². The van der Waals surface area contributed by atoms with Crippen molar-refractivity contribution in [3.8, 4) is 5.75 Å². The summed E-state index contributed by atoms with van der Waals surface area (Å²) in [5, 5.41) is 0. The number of carbonyl (C=O) groups excluding carboxylic acids is 1. The number of ether oxygens (including phenoxy) is 2. The Hall–Kier alpha value is -0.360. The van der Waals surface area contributed by atoms with E-state index in [0.717, 1.165) is 39.1 Å². The Balaban J connectivity index is 0.00000364. The standard InChI is InChI=1S/C16H21F3N2O3S2.Au/c17-16(18,19)24-14(22)12-2-4-13(5-3-12)23-11-1-6-20-7-9-21(10-8-20)15(25)26;/h2-5,15,25-26H,1,6-11H2;/p-2. The molecule has 0 N–H and O–H groups in total. The van der Waals surface area contributed by atoms with Crippen molar-refractivity contribution < 1.29 is 49.8 Å². The summed E-state index contributed by atoms with van der Waals surface area (Å²) in [6.45, 7) is 4.92. The summed E-state index contributed by atoms with van der Waals surface area (Å²) in [5.41, 5.74) is -0.186. The average molecular weight is 605 g/mol. The molecular formula is C16H19AuF3N2O3S2-2. The van der Waals surface area contributed by atoms with E-state index in [4.69, 9.17) is 30.0 Å². The van der Waals surface area contributed by atoms with Crippen LogP contribution in [0.5, 0.6) is 5.75 Å². The molecule has 0 saturated carbocycles. The van der Waals surface area contributed by atoms with Crippen molar-refractivity contribution in [1.82, 2.24) is 9.80 Å². The fraction of sp³-hybridized carbons (Fsp3) is 0.562. The number of piperazine rings is 1. The smallest absolute Gasteiger partial charge is 0.575 e. The van der Waals surface area contributed by atoms with E-state index in [9.17, 15) is 18.0 Å². The first-order valence-electron chi connectivity index (χ1n) is 8.05. The molecule has 0 bridgehead atoms. The van der Waals surface area contributed by atoms with Gasteiger partial charge in [0.15, 0.2) is 0 Å². The second-order valence-corrected chi connectivity index (χ2v) is 6.94. The van der Waals surface area contributed by atoms with Crippen LogP contribution in [0.15, 0.2) is 24.3 Å².